The highest BCUT2D eigenvalue weighted by Gasteiger charge is 2.30. The lowest BCUT2D eigenvalue weighted by Gasteiger charge is -2.34. The highest BCUT2D eigenvalue weighted by Crippen LogP contribution is 2.21. The van der Waals surface area contributed by atoms with Gasteiger partial charge in [-0.1, -0.05) is 60.7 Å². The fourth-order valence-corrected chi connectivity index (χ4v) is 4.69. The number of rotatable bonds is 5. The largest absolute Gasteiger partial charge is 0.341 e. The average Bonchev–Trinajstić information content (AvgIpc) is 3.00. The molecule has 29 heavy (non-hydrogen) atoms. The third kappa shape index (κ3) is 5.68. The quantitative estimate of drug-likeness (QED) is 0.779. The number of benzene rings is 2. The van der Waals surface area contributed by atoms with Crippen LogP contribution in [0.25, 0.3) is 0 Å². The Morgan fingerprint density at radius 2 is 1.34 bits per heavy atom. The van der Waals surface area contributed by atoms with E-state index in [1.807, 2.05) is 0 Å². The van der Waals surface area contributed by atoms with Crippen LogP contribution in [0.1, 0.15) is 30.4 Å². The number of amides is 1. The molecule has 0 N–H and O–H groups in total. The van der Waals surface area contributed by atoms with Crippen molar-refractivity contribution in [1.29, 1.82) is 0 Å². The third-order valence-electron chi connectivity index (χ3n) is 6.25. The summed E-state index contributed by atoms with van der Waals surface area (Å²) in [5, 5.41) is 0. The molecular weight excluding hydrogens is 358 g/mol. The molecule has 0 bridgehead atoms. The minimum Gasteiger partial charge on any atom is -0.341 e. The summed E-state index contributed by atoms with van der Waals surface area (Å²) >= 11 is 0. The van der Waals surface area contributed by atoms with E-state index in [1.54, 1.807) is 0 Å². The second-order valence-electron chi connectivity index (χ2n) is 8.50. The molecule has 1 amide bonds. The molecule has 0 aromatic heterocycles. The van der Waals surface area contributed by atoms with Crippen molar-refractivity contribution in [2.45, 2.75) is 32.4 Å². The Kier molecular flexibility index (Phi) is 6.96. The van der Waals surface area contributed by atoms with Gasteiger partial charge >= 0.3 is 0 Å². The average molecular weight is 392 g/mol. The molecular formula is C25H33N3O. The van der Waals surface area contributed by atoms with Gasteiger partial charge in [-0.15, -0.1) is 0 Å². The van der Waals surface area contributed by atoms with Gasteiger partial charge in [-0.3, -0.25) is 14.6 Å². The highest BCUT2D eigenvalue weighted by atomic mass is 16.2. The Morgan fingerprint density at radius 1 is 0.724 bits per heavy atom. The summed E-state index contributed by atoms with van der Waals surface area (Å²) in [5.74, 6) is 0.539. The van der Waals surface area contributed by atoms with Gasteiger partial charge < -0.3 is 4.90 Å². The fourth-order valence-electron chi connectivity index (χ4n) is 4.69. The third-order valence-corrected chi connectivity index (χ3v) is 6.25. The molecule has 4 heteroatoms. The van der Waals surface area contributed by atoms with Gasteiger partial charge in [0.15, 0.2) is 0 Å². The summed E-state index contributed by atoms with van der Waals surface area (Å²) in [6.45, 7) is 7.75. The first-order valence-corrected chi connectivity index (χ1v) is 11.1. The molecule has 4 nitrogen and oxygen atoms in total. The zero-order valence-corrected chi connectivity index (χ0v) is 17.4. The predicted octanol–water partition coefficient (Wildman–Crippen LogP) is 3.63. The molecule has 2 saturated heterocycles. The highest BCUT2D eigenvalue weighted by molar-refractivity contribution is 5.79. The maximum absolute atomic E-state index is 13.2. The Morgan fingerprint density at radius 3 is 2.03 bits per heavy atom. The van der Waals surface area contributed by atoms with Gasteiger partial charge in [0.05, 0.1) is 5.92 Å². The van der Waals surface area contributed by atoms with Crippen LogP contribution in [0.5, 0.6) is 0 Å². The SMILES string of the molecule is O=C(C1CCCN(Cc2ccccc2)C1)N1CCCN(Cc2ccccc2)CC1. The fraction of sp³-hybridized carbons (Fsp3) is 0.480. The van der Waals surface area contributed by atoms with E-state index in [1.165, 1.54) is 11.1 Å². The van der Waals surface area contributed by atoms with Crippen LogP contribution in [-0.2, 0) is 17.9 Å². The van der Waals surface area contributed by atoms with Crippen LogP contribution in [0, 0.1) is 5.92 Å². The lowest BCUT2D eigenvalue weighted by Crippen LogP contribution is -2.45. The topological polar surface area (TPSA) is 26.8 Å². The zero-order valence-electron chi connectivity index (χ0n) is 17.4. The molecule has 2 aromatic carbocycles. The number of nitrogens with zero attached hydrogens (tertiary/aromatic N) is 3. The van der Waals surface area contributed by atoms with Gasteiger partial charge in [0.1, 0.15) is 0 Å². The number of hydrogen-bond donors (Lipinski definition) is 0. The first kappa shape index (κ1) is 20.1. The lowest BCUT2D eigenvalue weighted by molar-refractivity contribution is -0.137. The summed E-state index contributed by atoms with van der Waals surface area (Å²) in [6, 6.07) is 21.3. The van der Waals surface area contributed by atoms with E-state index < -0.39 is 0 Å². The van der Waals surface area contributed by atoms with Gasteiger partial charge in [0.2, 0.25) is 5.91 Å². The van der Waals surface area contributed by atoms with Gasteiger partial charge in [0.25, 0.3) is 0 Å². The summed E-state index contributed by atoms with van der Waals surface area (Å²) in [6.07, 6.45) is 3.23. The second-order valence-corrected chi connectivity index (χ2v) is 8.50. The van der Waals surface area contributed by atoms with Gasteiger partial charge in [-0.05, 0) is 36.9 Å². The van der Waals surface area contributed by atoms with E-state index in [9.17, 15) is 4.79 Å². The molecule has 0 spiro atoms. The van der Waals surface area contributed by atoms with Crippen LogP contribution >= 0.6 is 0 Å². The van der Waals surface area contributed by atoms with Crippen LogP contribution in [0.3, 0.4) is 0 Å². The Labute approximate surface area is 175 Å². The van der Waals surface area contributed by atoms with E-state index in [4.69, 9.17) is 0 Å². The van der Waals surface area contributed by atoms with Crippen molar-refractivity contribution in [2.75, 3.05) is 39.3 Å². The summed E-state index contributed by atoms with van der Waals surface area (Å²) in [5.41, 5.74) is 2.70. The molecule has 2 aliphatic rings. The molecule has 0 radical (unpaired) electrons. The number of piperidine rings is 1. The molecule has 2 heterocycles. The summed E-state index contributed by atoms with van der Waals surface area (Å²) < 4.78 is 0. The van der Waals surface area contributed by atoms with Crippen molar-refractivity contribution in [3.05, 3.63) is 71.8 Å². The molecule has 2 aromatic rings. The first-order valence-electron chi connectivity index (χ1n) is 11.1. The number of likely N-dealkylation sites (tertiary alicyclic amines) is 1. The van der Waals surface area contributed by atoms with Gasteiger partial charge in [-0.2, -0.15) is 0 Å². The van der Waals surface area contributed by atoms with Crippen molar-refractivity contribution >= 4 is 5.91 Å². The predicted molar refractivity (Wildman–Crippen MR) is 117 cm³/mol. The maximum atomic E-state index is 13.2. The van der Waals surface area contributed by atoms with Gasteiger partial charge in [-0.25, -0.2) is 0 Å². The monoisotopic (exact) mass is 391 g/mol. The normalized spacial score (nSPS) is 21.7. The molecule has 154 valence electrons. The lowest BCUT2D eigenvalue weighted by atomic mass is 9.96. The van der Waals surface area contributed by atoms with Crippen molar-refractivity contribution in [3.63, 3.8) is 0 Å². The van der Waals surface area contributed by atoms with Crippen molar-refractivity contribution in [2.24, 2.45) is 5.92 Å². The minimum absolute atomic E-state index is 0.160. The van der Waals surface area contributed by atoms with Crippen molar-refractivity contribution in [3.8, 4) is 0 Å². The van der Waals surface area contributed by atoms with E-state index in [-0.39, 0.29) is 5.92 Å². The maximum Gasteiger partial charge on any atom is 0.227 e. The van der Waals surface area contributed by atoms with Crippen LogP contribution < -0.4 is 0 Å². The molecule has 0 saturated carbocycles. The van der Waals surface area contributed by atoms with Crippen LogP contribution in [0.2, 0.25) is 0 Å². The van der Waals surface area contributed by atoms with E-state index >= 15 is 0 Å². The smallest absolute Gasteiger partial charge is 0.227 e. The summed E-state index contributed by atoms with van der Waals surface area (Å²) in [7, 11) is 0. The second kappa shape index (κ2) is 10.0. The van der Waals surface area contributed by atoms with Crippen LogP contribution in [0.15, 0.2) is 60.7 Å². The van der Waals surface area contributed by atoms with E-state index in [2.05, 4.69) is 75.4 Å². The van der Waals surface area contributed by atoms with E-state index in [0.29, 0.717) is 5.91 Å². The number of carbonyl (C=O) groups excluding carboxylic acids is 1. The van der Waals surface area contributed by atoms with Crippen molar-refractivity contribution < 1.29 is 4.79 Å². The van der Waals surface area contributed by atoms with Gasteiger partial charge in [0, 0.05) is 45.8 Å². The summed E-state index contributed by atoms with van der Waals surface area (Å²) in [4.78, 5) is 20.3. The standard InChI is InChI=1S/C25H33N3O/c29-25(24-13-7-14-27(21-24)20-23-11-5-2-6-12-23)28-16-8-15-26(17-18-28)19-22-9-3-1-4-10-22/h1-6,9-12,24H,7-8,13-21H2. The molecule has 1 unspecified atom stereocenters. The Hall–Kier alpha value is -2.17. The van der Waals surface area contributed by atoms with E-state index in [0.717, 1.165) is 71.6 Å². The molecule has 1 atom stereocenters. The number of carbonyl (C=O) groups is 1. The first-order chi connectivity index (χ1) is 14.3. The minimum atomic E-state index is 0.160. The molecule has 0 aliphatic carbocycles. The molecule has 2 fully saturated rings. The zero-order chi connectivity index (χ0) is 19.9. The molecule has 2 aliphatic heterocycles. The van der Waals surface area contributed by atoms with Crippen LogP contribution in [-0.4, -0.2) is 59.9 Å². The van der Waals surface area contributed by atoms with Crippen molar-refractivity contribution in [1.82, 2.24) is 14.7 Å². The number of hydrogen-bond acceptors (Lipinski definition) is 3. The van der Waals surface area contributed by atoms with Crippen LogP contribution in [0.4, 0.5) is 0 Å². The Bertz CT molecular complexity index is 764. The molecule has 4 rings (SSSR count). The Balaban J connectivity index is 1.29.